The minimum absolute atomic E-state index is 0.0608. The summed E-state index contributed by atoms with van der Waals surface area (Å²) >= 11 is 0. The molecule has 0 aliphatic heterocycles. The highest BCUT2D eigenvalue weighted by molar-refractivity contribution is 5.90. The lowest BCUT2D eigenvalue weighted by Gasteiger charge is -2.14. The summed E-state index contributed by atoms with van der Waals surface area (Å²) in [5.74, 6) is -0.770. The van der Waals surface area contributed by atoms with Crippen molar-refractivity contribution in [3.05, 3.63) is 23.3 Å². The first-order chi connectivity index (χ1) is 6.91. The monoisotopic (exact) mass is 210 g/mol. The van der Waals surface area contributed by atoms with Crippen molar-refractivity contribution in [3.8, 4) is 11.5 Å². The maximum atomic E-state index is 10.8. The van der Waals surface area contributed by atoms with E-state index < -0.39 is 5.97 Å². The van der Waals surface area contributed by atoms with Gasteiger partial charge in [-0.1, -0.05) is 0 Å². The molecule has 0 saturated heterocycles. The largest absolute Gasteiger partial charge is 0.508 e. The van der Waals surface area contributed by atoms with Crippen LogP contribution in [-0.4, -0.2) is 22.3 Å². The normalized spacial score (nSPS) is 10.4. The van der Waals surface area contributed by atoms with E-state index in [2.05, 4.69) is 0 Å². The summed E-state index contributed by atoms with van der Waals surface area (Å²) in [6.07, 6.45) is -0.0628. The molecule has 0 heterocycles. The van der Waals surface area contributed by atoms with E-state index in [1.165, 1.54) is 12.1 Å². The van der Waals surface area contributed by atoms with E-state index in [9.17, 15) is 9.90 Å². The van der Waals surface area contributed by atoms with Gasteiger partial charge in [0.25, 0.3) is 0 Å². The molecule has 0 aromatic heterocycles. The van der Waals surface area contributed by atoms with Crippen LogP contribution in [0.25, 0.3) is 0 Å². The topological polar surface area (TPSA) is 66.8 Å². The van der Waals surface area contributed by atoms with Crippen molar-refractivity contribution in [2.24, 2.45) is 0 Å². The Hall–Kier alpha value is -1.71. The van der Waals surface area contributed by atoms with Gasteiger partial charge in [0.15, 0.2) is 0 Å². The summed E-state index contributed by atoms with van der Waals surface area (Å²) < 4.78 is 5.39. The Morgan fingerprint density at radius 2 is 2.00 bits per heavy atom. The molecule has 1 rings (SSSR count). The molecule has 0 radical (unpaired) electrons. The van der Waals surface area contributed by atoms with Crippen LogP contribution in [0.5, 0.6) is 11.5 Å². The Kier molecular flexibility index (Phi) is 3.19. The highest BCUT2D eigenvalue weighted by Crippen LogP contribution is 2.28. The molecule has 0 aliphatic carbocycles. The second-order valence-corrected chi connectivity index (χ2v) is 3.59. The van der Waals surface area contributed by atoms with Gasteiger partial charge in [0.2, 0.25) is 0 Å². The predicted octanol–water partition coefficient (Wildman–Crippen LogP) is 2.19. The lowest BCUT2D eigenvalue weighted by molar-refractivity contribution is 0.0694. The van der Waals surface area contributed by atoms with Crippen LogP contribution in [0.3, 0.4) is 0 Å². The number of aromatic hydroxyl groups is 1. The average Bonchev–Trinajstić information content (AvgIpc) is 2.09. The Bertz CT molecular complexity index is 382. The molecule has 15 heavy (non-hydrogen) atoms. The molecule has 0 atom stereocenters. The van der Waals surface area contributed by atoms with E-state index in [4.69, 9.17) is 9.84 Å². The first-order valence-electron chi connectivity index (χ1n) is 4.65. The molecule has 2 N–H and O–H groups in total. The van der Waals surface area contributed by atoms with E-state index in [0.29, 0.717) is 11.3 Å². The standard InChI is InChI=1S/C11H14O4/c1-6(2)15-10-5-8(12)4-9(7(10)3)11(13)14/h4-6,12H,1-3H3,(H,13,14). The van der Waals surface area contributed by atoms with E-state index in [1.807, 2.05) is 13.8 Å². The van der Waals surface area contributed by atoms with Crippen LogP contribution in [0.15, 0.2) is 12.1 Å². The highest BCUT2D eigenvalue weighted by Gasteiger charge is 2.14. The Labute approximate surface area is 88.1 Å². The van der Waals surface area contributed by atoms with Gasteiger partial charge in [-0.25, -0.2) is 4.79 Å². The smallest absolute Gasteiger partial charge is 0.336 e. The Morgan fingerprint density at radius 3 is 2.47 bits per heavy atom. The van der Waals surface area contributed by atoms with Crippen molar-refractivity contribution in [2.45, 2.75) is 26.9 Å². The number of ether oxygens (including phenoxy) is 1. The minimum atomic E-state index is -1.07. The fourth-order valence-corrected chi connectivity index (χ4v) is 1.27. The molecule has 0 saturated carbocycles. The maximum Gasteiger partial charge on any atom is 0.336 e. The number of hydrogen-bond donors (Lipinski definition) is 2. The summed E-state index contributed by atoms with van der Waals surface area (Å²) in [6, 6.07) is 2.63. The van der Waals surface area contributed by atoms with Crippen LogP contribution >= 0.6 is 0 Å². The van der Waals surface area contributed by atoms with Crippen LogP contribution in [0.4, 0.5) is 0 Å². The number of phenolic OH excluding ortho intramolecular Hbond substituents is 1. The quantitative estimate of drug-likeness (QED) is 0.802. The molecule has 4 nitrogen and oxygen atoms in total. The van der Waals surface area contributed by atoms with Gasteiger partial charge in [-0.05, 0) is 26.8 Å². The average molecular weight is 210 g/mol. The second kappa shape index (κ2) is 4.21. The van der Waals surface area contributed by atoms with Gasteiger partial charge in [0.1, 0.15) is 11.5 Å². The van der Waals surface area contributed by atoms with Crippen LogP contribution in [0, 0.1) is 6.92 Å². The summed E-state index contributed by atoms with van der Waals surface area (Å²) in [7, 11) is 0. The van der Waals surface area contributed by atoms with Crippen LogP contribution < -0.4 is 4.74 Å². The van der Waals surface area contributed by atoms with E-state index >= 15 is 0 Å². The number of hydrogen-bond acceptors (Lipinski definition) is 3. The van der Waals surface area contributed by atoms with E-state index in [1.54, 1.807) is 6.92 Å². The summed E-state index contributed by atoms with van der Waals surface area (Å²) in [5, 5.41) is 18.2. The van der Waals surface area contributed by atoms with Gasteiger partial charge in [0, 0.05) is 11.6 Å². The number of benzene rings is 1. The molecule has 4 heteroatoms. The van der Waals surface area contributed by atoms with Gasteiger partial charge >= 0.3 is 5.97 Å². The summed E-state index contributed by atoms with van der Waals surface area (Å²) in [5.41, 5.74) is 0.583. The number of carbonyl (C=O) groups is 1. The van der Waals surface area contributed by atoms with E-state index in [0.717, 1.165) is 0 Å². The molecular formula is C11H14O4. The lowest BCUT2D eigenvalue weighted by Crippen LogP contribution is -2.09. The van der Waals surface area contributed by atoms with Crippen LogP contribution in [-0.2, 0) is 0 Å². The zero-order valence-corrected chi connectivity index (χ0v) is 8.94. The molecular weight excluding hydrogens is 196 g/mol. The molecule has 0 amide bonds. The SMILES string of the molecule is Cc1c(OC(C)C)cc(O)cc1C(=O)O. The Balaban J connectivity index is 3.22. The first-order valence-corrected chi connectivity index (χ1v) is 4.65. The highest BCUT2D eigenvalue weighted by atomic mass is 16.5. The zero-order valence-electron chi connectivity index (χ0n) is 8.94. The van der Waals surface area contributed by atoms with Crippen molar-refractivity contribution in [1.82, 2.24) is 0 Å². The number of aromatic carboxylic acids is 1. The molecule has 0 spiro atoms. The van der Waals surface area contributed by atoms with Crippen molar-refractivity contribution in [2.75, 3.05) is 0 Å². The summed E-state index contributed by atoms with van der Waals surface area (Å²) in [6.45, 7) is 5.33. The molecule has 0 bridgehead atoms. The molecule has 1 aromatic rings. The van der Waals surface area contributed by atoms with Gasteiger partial charge in [-0.2, -0.15) is 0 Å². The summed E-state index contributed by atoms with van der Waals surface area (Å²) in [4.78, 5) is 10.8. The third-order valence-electron chi connectivity index (χ3n) is 1.94. The van der Waals surface area contributed by atoms with Crippen molar-refractivity contribution >= 4 is 5.97 Å². The fourth-order valence-electron chi connectivity index (χ4n) is 1.27. The third-order valence-corrected chi connectivity index (χ3v) is 1.94. The minimum Gasteiger partial charge on any atom is -0.508 e. The number of carboxylic acids is 1. The van der Waals surface area contributed by atoms with Crippen molar-refractivity contribution < 1.29 is 19.7 Å². The third kappa shape index (κ3) is 2.62. The molecule has 0 fully saturated rings. The lowest BCUT2D eigenvalue weighted by atomic mass is 10.1. The van der Waals surface area contributed by atoms with Gasteiger partial charge in [0.05, 0.1) is 11.7 Å². The molecule has 0 aliphatic rings. The molecule has 82 valence electrons. The van der Waals surface area contributed by atoms with Crippen molar-refractivity contribution in [3.63, 3.8) is 0 Å². The Morgan fingerprint density at radius 1 is 1.40 bits per heavy atom. The van der Waals surface area contributed by atoms with Crippen molar-refractivity contribution in [1.29, 1.82) is 0 Å². The number of carboxylic acid groups (broad SMARTS) is 1. The van der Waals surface area contributed by atoms with Gasteiger partial charge in [-0.3, -0.25) is 0 Å². The predicted molar refractivity (Wildman–Crippen MR) is 55.6 cm³/mol. The molecule has 0 unspecified atom stereocenters. The molecule has 1 aromatic carbocycles. The van der Waals surface area contributed by atoms with Gasteiger partial charge < -0.3 is 14.9 Å². The van der Waals surface area contributed by atoms with Crippen LogP contribution in [0.2, 0.25) is 0 Å². The van der Waals surface area contributed by atoms with E-state index in [-0.39, 0.29) is 17.4 Å². The number of phenols is 1. The van der Waals surface area contributed by atoms with Crippen LogP contribution in [0.1, 0.15) is 29.8 Å². The second-order valence-electron chi connectivity index (χ2n) is 3.59. The van der Waals surface area contributed by atoms with Gasteiger partial charge in [-0.15, -0.1) is 0 Å². The maximum absolute atomic E-state index is 10.8. The zero-order chi connectivity index (χ0) is 11.6. The first kappa shape index (κ1) is 11.4. The fraction of sp³-hybridized carbons (Fsp3) is 0.364. The number of rotatable bonds is 3.